The zero-order chi connectivity index (χ0) is 32.1. The highest BCUT2D eigenvalue weighted by molar-refractivity contribution is 5.76. The molecule has 9 nitrogen and oxygen atoms in total. The lowest BCUT2D eigenvalue weighted by Crippen LogP contribution is -2.44. The van der Waals surface area contributed by atoms with E-state index in [0.29, 0.717) is 19.5 Å². The number of morpholine rings is 1. The molecule has 0 aliphatic carbocycles. The zero-order valence-electron chi connectivity index (χ0n) is 26.8. The molecule has 2 heterocycles. The van der Waals surface area contributed by atoms with Crippen LogP contribution in [0.4, 0.5) is 0 Å². The van der Waals surface area contributed by atoms with E-state index in [0.717, 1.165) is 91.9 Å². The van der Waals surface area contributed by atoms with E-state index in [4.69, 9.17) is 14.2 Å². The fourth-order valence-corrected chi connectivity index (χ4v) is 6.01. The molecule has 2 amide bonds. The zero-order valence-corrected chi connectivity index (χ0v) is 26.8. The second-order valence-corrected chi connectivity index (χ2v) is 12.1. The summed E-state index contributed by atoms with van der Waals surface area (Å²) in [6.07, 6.45) is 3.15. The molecule has 3 atom stereocenters. The Hall–Kier alpha value is -3.60. The third kappa shape index (κ3) is 9.95. The van der Waals surface area contributed by atoms with Crippen molar-refractivity contribution >= 4 is 11.8 Å². The number of ether oxygens (including phenoxy) is 3. The highest BCUT2D eigenvalue weighted by Gasteiger charge is 2.33. The lowest BCUT2D eigenvalue weighted by molar-refractivity contribution is -0.253. The lowest BCUT2D eigenvalue weighted by atomic mass is 9.97. The maximum atomic E-state index is 12.5. The molecule has 246 valence electrons. The second kappa shape index (κ2) is 17.4. The van der Waals surface area contributed by atoms with Crippen LogP contribution in [0.3, 0.4) is 0 Å². The first-order valence-electron chi connectivity index (χ1n) is 16.5. The van der Waals surface area contributed by atoms with Gasteiger partial charge in [0.05, 0.1) is 32.0 Å². The maximum Gasteiger partial charge on any atom is 0.220 e. The average molecular weight is 630 g/mol. The number of rotatable bonds is 14. The average Bonchev–Trinajstić information content (AvgIpc) is 3.09. The number of hydrogen-bond donors (Lipinski definition) is 3. The summed E-state index contributed by atoms with van der Waals surface area (Å²) in [5.41, 5.74) is 6.09. The van der Waals surface area contributed by atoms with Crippen molar-refractivity contribution in [3.8, 4) is 11.1 Å². The van der Waals surface area contributed by atoms with Gasteiger partial charge in [-0.25, -0.2) is 0 Å². The fourth-order valence-electron chi connectivity index (χ4n) is 6.01. The molecule has 3 N–H and O–H groups in total. The van der Waals surface area contributed by atoms with Crippen LogP contribution in [-0.4, -0.2) is 67.3 Å². The third-order valence-corrected chi connectivity index (χ3v) is 8.62. The van der Waals surface area contributed by atoms with Crippen LogP contribution in [0.1, 0.15) is 73.7 Å². The summed E-state index contributed by atoms with van der Waals surface area (Å²) < 4.78 is 18.7. The Kier molecular flexibility index (Phi) is 12.7. The molecular formula is C37H47N3O6. The maximum absolute atomic E-state index is 12.5. The van der Waals surface area contributed by atoms with Crippen LogP contribution in [0, 0.1) is 0 Å². The second-order valence-electron chi connectivity index (χ2n) is 12.1. The standard InChI is InChI=1S/C37H47N3O6/c1-27(42)38-18-6-2-3-9-36(43)39-24-32-7-4-5-8-34(32)29-14-16-31(17-15-29)37-45-33(25-40-19-21-44-22-20-40)23-35(46-37)30-12-10-28(26-41)11-13-30/h4-5,7-8,10-17,33,35,37,41H,2-3,6,9,18-26H2,1H3,(H,38,42)(H,39,43)/t33-,35+,37+/m0/s1. The highest BCUT2D eigenvalue weighted by atomic mass is 16.7. The van der Waals surface area contributed by atoms with Gasteiger partial charge in [0, 0.05) is 58.1 Å². The number of nitrogens with zero attached hydrogens (tertiary/aromatic N) is 1. The number of nitrogens with one attached hydrogen (secondary N) is 2. The van der Waals surface area contributed by atoms with E-state index in [2.05, 4.69) is 45.9 Å². The van der Waals surface area contributed by atoms with Crippen LogP contribution in [-0.2, 0) is 37.0 Å². The van der Waals surface area contributed by atoms with Crippen LogP contribution in [0.15, 0.2) is 72.8 Å². The Balaban J connectivity index is 1.22. The minimum absolute atomic E-state index is 0.000547. The van der Waals surface area contributed by atoms with Crippen LogP contribution >= 0.6 is 0 Å². The monoisotopic (exact) mass is 629 g/mol. The van der Waals surface area contributed by atoms with Gasteiger partial charge in [0.2, 0.25) is 11.8 Å². The minimum atomic E-state index is -0.510. The molecule has 9 heteroatoms. The molecule has 0 bridgehead atoms. The predicted octanol–water partition coefficient (Wildman–Crippen LogP) is 5.04. The normalized spacial score (nSPS) is 20.3. The summed E-state index contributed by atoms with van der Waals surface area (Å²) in [5.74, 6) is 0.00786. The van der Waals surface area contributed by atoms with Crippen LogP contribution in [0.5, 0.6) is 0 Å². The van der Waals surface area contributed by atoms with Crippen molar-refractivity contribution in [2.75, 3.05) is 39.4 Å². The summed E-state index contributed by atoms with van der Waals surface area (Å²) in [4.78, 5) is 25.9. The summed E-state index contributed by atoms with van der Waals surface area (Å²) >= 11 is 0. The first kappa shape index (κ1) is 33.8. The van der Waals surface area contributed by atoms with Crippen LogP contribution in [0.25, 0.3) is 11.1 Å². The van der Waals surface area contributed by atoms with Gasteiger partial charge < -0.3 is 30.0 Å². The van der Waals surface area contributed by atoms with Gasteiger partial charge in [-0.1, -0.05) is 79.2 Å². The Morgan fingerprint density at radius 3 is 2.35 bits per heavy atom. The molecule has 0 spiro atoms. The van der Waals surface area contributed by atoms with Crippen molar-refractivity contribution in [1.82, 2.24) is 15.5 Å². The molecule has 3 aromatic rings. The Labute approximate surface area is 272 Å². The fraction of sp³-hybridized carbons (Fsp3) is 0.459. The van der Waals surface area contributed by atoms with Gasteiger partial charge >= 0.3 is 0 Å². The number of aliphatic hydroxyl groups is 1. The van der Waals surface area contributed by atoms with Gasteiger partial charge in [-0.15, -0.1) is 0 Å². The number of benzene rings is 3. The van der Waals surface area contributed by atoms with Gasteiger partial charge in [0.1, 0.15) is 0 Å². The summed E-state index contributed by atoms with van der Waals surface area (Å²) in [6.45, 7) is 6.74. The summed E-state index contributed by atoms with van der Waals surface area (Å²) in [6, 6.07) is 24.4. The SMILES string of the molecule is CC(=O)NCCCCCC(=O)NCc1ccccc1-c1ccc([C@@H]2O[C@H](CN3CCOCC3)C[C@H](c3ccc(CO)cc3)O2)cc1. The molecule has 2 saturated heterocycles. The smallest absolute Gasteiger partial charge is 0.220 e. The molecule has 3 aromatic carbocycles. The van der Waals surface area contributed by atoms with Gasteiger partial charge in [-0.05, 0) is 40.7 Å². The number of carbonyl (C=O) groups is 2. The van der Waals surface area contributed by atoms with Crippen molar-refractivity contribution < 1.29 is 28.9 Å². The quantitative estimate of drug-likeness (QED) is 0.215. The van der Waals surface area contributed by atoms with Crippen LogP contribution in [0.2, 0.25) is 0 Å². The molecule has 5 rings (SSSR count). The van der Waals surface area contributed by atoms with E-state index in [1.165, 1.54) is 6.92 Å². The minimum Gasteiger partial charge on any atom is -0.392 e. The largest absolute Gasteiger partial charge is 0.392 e. The van der Waals surface area contributed by atoms with E-state index >= 15 is 0 Å². The number of amides is 2. The lowest BCUT2D eigenvalue weighted by Gasteiger charge is -2.39. The Morgan fingerprint density at radius 1 is 0.870 bits per heavy atom. The molecule has 2 aliphatic heterocycles. The molecule has 2 fully saturated rings. The van der Waals surface area contributed by atoms with Crippen molar-refractivity contribution in [1.29, 1.82) is 0 Å². The van der Waals surface area contributed by atoms with E-state index < -0.39 is 6.29 Å². The Bertz CT molecular complexity index is 1390. The molecule has 0 aromatic heterocycles. The molecule has 0 unspecified atom stereocenters. The number of unbranched alkanes of at least 4 members (excludes halogenated alkanes) is 2. The Morgan fingerprint density at radius 2 is 1.61 bits per heavy atom. The summed E-state index contributed by atoms with van der Waals surface area (Å²) in [7, 11) is 0. The molecule has 2 aliphatic rings. The topological polar surface area (TPSA) is 109 Å². The van der Waals surface area contributed by atoms with E-state index in [-0.39, 0.29) is 30.6 Å². The van der Waals surface area contributed by atoms with Crippen LogP contribution < -0.4 is 10.6 Å². The van der Waals surface area contributed by atoms with Gasteiger partial charge in [0.25, 0.3) is 0 Å². The number of aliphatic hydroxyl groups excluding tert-OH is 1. The highest BCUT2D eigenvalue weighted by Crippen LogP contribution is 2.39. The van der Waals surface area contributed by atoms with Gasteiger partial charge in [-0.2, -0.15) is 0 Å². The van der Waals surface area contributed by atoms with Gasteiger partial charge in [0.15, 0.2) is 6.29 Å². The van der Waals surface area contributed by atoms with E-state index in [1.54, 1.807) is 0 Å². The van der Waals surface area contributed by atoms with E-state index in [9.17, 15) is 14.7 Å². The first-order chi connectivity index (χ1) is 22.5. The third-order valence-electron chi connectivity index (χ3n) is 8.62. The van der Waals surface area contributed by atoms with Crippen molar-refractivity contribution in [3.05, 3.63) is 95.1 Å². The van der Waals surface area contributed by atoms with E-state index in [1.807, 2.05) is 42.5 Å². The number of hydrogen-bond acceptors (Lipinski definition) is 7. The molecular weight excluding hydrogens is 582 g/mol. The first-order valence-corrected chi connectivity index (χ1v) is 16.5. The van der Waals surface area contributed by atoms with Gasteiger partial charge in [-0.3, -0.25) is 14.5 Å². The molecule has 46 heavy (non-hydrogen) atoms. The molecule has 0 radical (unpaired) electrons. The van der Waals surface area contributed by atoms with Crippen molar-refractivity contribution in [2.24, 2.45) is 0 Å². The predicted molar refractivity (Wildman–Crippen MR) is 177 cm³/mol. The van der Waals surface area contributed by atoms with Crippen molar-refractivity contribution in [3.63, 3.8) is 0 Å². The van der Waals surface area contributed by atoms with Crippen molar-refractivity contribution in [2.45, 2.75) is 70.7 Å². The number of carbonyl (C=O) groups excluding carboxylic acids is 2. The summed E-state index contributed by atoms with van der Waals surface area (Å²) in [5, 5.41) is 15.4. The molecule has 0 saturated carbocycles.